The van der Waals surface area contributed by atoms with E-state index in [0.29, 0.717) is 17.1 Å². The molecule has 0 unspecified atom stereocenters. The highest BCUT2D eigenvalue weighted by Crippen LogP contribution is 2.27. The standard InChI is InChI=1S/C14H15NO4S/c1-9-15-11(8-20-9)7-19-14(16)10-4-5-12(17-2)13(6-10)18-3/h4-6,8H,7H2,1-3H3. The van der Waals surface area contributed by atoms with Gasteiger partial charge in [0.25, 0.3) is 0 Å². The number of hydrogen-bond acceptors (Lipinski definition) is 6. The summed E-state index contributed by atoms with van der Waals surface area (Å²) in [7, 11) is 3.06. The molecule has 0 radical (unpaired) electrons. The molecule has 0 bridgehead atoms. The molecule has 1 aromatic heterocycles. The van der Waals surface area contributed by atoms with Gasteiger partial charge in [0.2, 0.25) is 0 Å². The normalized spacial score (nSPS) is 10.2. The number of rotatable bonds is 5. The molecule has 0 saturated heterocycles. The van der Waals surface area contributed by atoms with Gasteiger partial charge in [-0.05, 0) is 25.1 Å². The van der Waals surface area contributed by atoms with Crippen molar-refractivity contribution in [3.05, 3.63) is 39.8 Å². The highest BCUT2D eigenvalue weighted by molar-refractivity contribution is 7.09. The number of hydrogen-bond donors (Lipinski definition) is 0. The molecule has 0 spiro atoms. The molecule has 6 heteroatoms. The molecule has 1 heterocycles. The highest BCUT2D eigenvalue weighted by atomic mass is 32.1. The zero-order chi connectivity index (χ0) is 14.5. The monoisotopic (exact) mass is 293 g/mol. The molecular formula is C14H15NO4S. The molecule has 0 amide bonds. The van der Waals surface area contributed by atoms with Crippen LogP contribution in [0.4, 0.5) is 0 Å². The Bertz CT molecular complexity index is 609. The number of carbonyl (C=O) groups excluding carboxylic acids is 1. The largest absolute Gasteiger partial charge is 0.493 e. The Kier molecular flexibility index (Phi) is 4.57. The second-order valence-corrected chi connectivity index (χ2v) is 5.07. The Labute approximate surface area is 121 Å². The van der Waals surface area contributed by atoms with Gasteiger partial charge < -0.3 is 14.2 Å². The number of benzene rings is 1. The van der Waals surface area contributed by atoms with Crippen LogP contribution in [-0.4, -0.2) is 25.2 Å². The molecule has 0 fully saturated rings. The number of thiazole rings is 1. The summed E-state index contributed by atoms with van der Waals surface area (Å²) in [6.07, 6.45) is 0. The minimum atomic E-state index is -0.420. The van der Waals surface area contributed by atoms with Crippen LogP contribution in [0, 0.1) is 6.92 Å². The Morgan fingerprint density at radius 1 is 1.25 bits per heavy atom. The fourth-order valence-electron chi connectivity index (χ4n) is 1.66. The zero-order valence-corrected chi connectivity index (χ0v) is 12.3. The van der Waals surface area contributed by atoms with Crippen LogP contribution in [0.3, 0.4) is 0 Å². The van der Waals surface area contributed by atoms with Crippen molar-refractivity contribution in [1.82, 2.24) is 4.98 Å². The molecule has 2 aromatic rings. The van der Waals surface area contributed by atoms with E-state index in [1.165, 1.54) is 18.4 Å². The first kappa shape index (κ1) is 14.3. The third kappa shape index (κ3) is 3.27. The van der Waals surface area contributed by atoms with Gasteiger partial charge in [0, 0.05) is 5.38 Å². The van der Waals surface area contributed by atoms with Crippen molar-refractivity contribution in [2.24, 2.45) is 0 Å². The smallest absolute Gasteiger partial charge is 0.338 e. The number of esters is 1. The van der Waals surface area contributed by atoms with Crippen molar-refractivity contribution in [3.8, 4) is 11.5 Å². The highest BCUT2D eigenvalue weighted by Gasteiger charge is 2.12. The van der Waals surface area contributed by atoms with Crippen molar-refractivity contribution in [2.45, 2.75) is 13.5 Å². The lowest BCUT2D eigenvalue weighted by Crippen LogP contribution is -2.06. The summed E-state index contributed by atoms with van der Waals surface area (Å²) < 4.78 is 15.5. The SMILES string of the molecule is COc1ccc(C(=O)OCc2csc(C)n2)cc1OC. The lowest BCUT2D eigenvalue weighted by Gasteiger charge is -2.09. The van der Waals surface area contributed by atoms with Crippen molar-refractivity contribution in [1.29, 1.82) is 0 Å². The summed E-state index contributed by atoms with van der Waals surface area (Å²) in [5, 5.41) is 2.82. The van der Waals surface area contributed by atoms with Gasteiger partial charge >= 0.3 is 5.97 Å². The van der Waals surface area contributed by atoms with Crippen molar-refractivity contribution < 1.29 is 19.0 Å². The Hall–Kier alpha value is -2.08. The van der Waals surface area contributed by atoms with Crippen LogP contribution < -0.4 is 9.47 Å². The number of aryl methyl sites for hydroxylation is 1. The molecule has 0 aliphatic rings. The lowest BCUT2D eigenvalue weighted by molar-refractivity contribution is 0.0468. The molecule has 0 atom stereocenters. The zero-order valence-electron chi connectivity index (χ0n) is 11.5. The Morgan fingerprint density at radius 2 is 2.00 bits per heavy atom. The quantitative estimate of drug-likeness (QED) is 0.793. The van der Waals surface area contributed by atoms with E-state index >= 15 is 0 Å². The van der Waals surface area contributed by atoms with Crippen molar-refractivity contribution >= 4 is 17.3 Å². The van der Waals surface area contributed by atoms with Gasteiger partial charge in [-0.25, -0.2) is 9.78 Å². The first-order valence-corrected chi connectivity index (χ1v) is 6.82. The fraction of sp³-hybridized carbons (Fsp3) is 0.286. The van der Waals surface area contributed by atoms with E-state index in [1.807, 2.05) is 12.3 Å². The molecule has 20 heavy (non-hydrogen) atoms. The van der Waals surface area contributed by atoms with Gasteiger partial charge in [0.05, 0.1) is 30.5 Å². The van der Waals surface area contributed by atoms with Crippen molar-refractivity contribution in [2.75, 3.05) is 14.2 Å². The van der Waals surface area contributed by atoms with Crippen LogP contribution in [0.2, 0.25) is 0 Å². The lowest BCUT2D eigenvalue weighted by atomic mass is 10.2. The summed E-state index contributed by atoms with van der Waals surface area (Å²) in [4.78, 5) is 16.2. The second kappa shape index (κ2) is 6.38. The summed E-state index contributed by atoms with van der Waals surface area (Å²) in [6.45, 7) is 2.07. The van der Waals surface area contributed by atoms with E-state index in [4.69, 9.17) is 14.2 Å². The third-order valence-electron chi connectivity index (χ3n) is 2.64. The van der Waals surface area contributed by atoms with Crippen LogP contribution in [0.5, 0.6) is 11.5 Å². The first-order chi connectivity index (χ1) is 9.63. The topological polar surface area (TPSA) is 57.7 Å². The maximum atomic E-state index is 11.9. The van der Waals surface area contributed by atoms with E-state index in [1.54, 1.807) is 25.3 Å². The van der Waals surface area contributed by atoms with Gasteiger partial charge in [-0.1, -0.05) is 0 Å². The number of methoxy groups -OCH3 is 2. The van der Waals surface area contributed by atoms with E-state index in [-0.39, 0.29) is 6.61 Å². The van der Waals surface area contributed by atoms with Gasteiger partial charge in [-0.2, -0.15) is 0 Å². The minimum absolute atomic E-state index is 0.164. The van der Waals surface area contributed by atoms with E-state index < -0.39 is 5.97 Å². The average molecular weight is 293 g/mol. The predicted molar refractivity (Wildman–Crippen MR) is 75.5 cm³/mol. The van der Waals surface area contributed by atoms with Crippen LogP contribution in [0.1, 0.15) is 21.1 Å². The molecular weight excluding hydrogens is 278 g/mol. The predicted octanol–water partition coefficient (Wildman–Crippen LogP) is 2.83. The molecule has 2 rings (SSSR count). The molecule has 1 aromatic carbocycles. The maximum absolute atomic E-state index is 11.9. The molecule has 0 N–H and O–H groups in total. The number of ether oxygens (including phenoxy) is 3. The third-order valence-corrected chi connectivity index (χ3v) is 3.46. The first-order valence-electron chi connectivity index (χ1n) is 5.94. The molecule has 106 valence electrons. The average Bonchev–Trinajstić information content (AvgIpc) is 2.89. The second-order valence-electron chi connectivity index (χ2n) is 4.00. The summed E-state index contributed by atoms with van der Waals surface area (Å²) in [6, 6.07) is 4.89. The molecule has 5 nitrogen and oxygen atoms in total. The summed E-state index contributed by atoms with van der Waals surface area (Å²) in [5.41, 5.74) is 1.16. The molecule has 0 aliphatic heterocycles. The van der Waals surface area contributed by atoms with Crippen molar-refractivity contribution in [3.63, 3.8) is 0 Å². The van der Waals surface area contributed by atoms with E-state index in [9.17, 15) is 4.79 Å². The maximum Gasteiger partial charge on any atom is 0.338 e. The summed E-state index contributed by atoms with van der Waals surface area (Å²) >= 11 is 1.52. The van der Waals surface area contributed by atoms with E-state index in [2.05, 4.69) is 4.98 Å². The van der Waals surface area contributed by atoms with Gasteiger partial charge in [0.15, 0.2) is 11.5 Å². The molecule has 0 saturated carbocycles. The Morgan fingerprint density at radius 3 is 2.60 bits per heavy atom. The van der Waals surface area contributed by atoms with E-state index in [0.717, 1.165) is 10.7 Å². The van der Waals surface area contributed by atoms with Crippen LogP contribution in [0.15, 0.2) is 23.6 Å². The number of nitrogens with zero attached hydrogens (tertiary/aromatic N) is 1. The van der Waals surface area contributed by atoms with Gasteiger partial charge in [-0.15, -0.1) is 11.3 Å². The molecule has 0 aliphatic carbocycles. The van der Waals surface area contributed by atoms with Crippen LogP contribution >= 0.6 is 11.3 Å². The van der Waals surface area contributed by atoms with Gasteiger partial charge in [-0.3, -0.25) is 0 Å². The number of carbonyl (C=O) groups is 1. The number of aromatic nitrogens is 1. The fourth-order valence-corrected chi connectivity index (χ4v) is 2.26. The minimum Gasteiger partial charge on any atom is -0.493 e. The van der Waals surface area contributed by atoms with Crippen LogP contribution in [0.25, 0.3) is 0 Å². The Balaban J connectivity index is 2.05. The van der Waals surface area contributed by atoms with Crippen LogP contribution in [-0.2, 0) is 11.3 Å². The summed E-state index contributed by atoms with van der Waals surface area (Å²) in [5.74, 6) is 0.641. The van der Waals surface area contributed by atoms with Gasteiger partial charge in [0.1, 0.15) is 6.61 Å².